The average molecular weight is 697 g/mol. The van der Waals surface area contributed by atoms with Crippen LogP contribution in [-0.4, -0.2) is 41.0 Å². The van der Waals surface area contributed by atoms with Gasteiger partial charge in [0.2, 0.25) is 0 Å². The van der Waals surface area contributed by atoms with Gasteiger partial charge in [-0.3, -0.25) is 14.1 Å². The van der Waals surface area contributed by atoms with Gasteiger partial charge in [-0.1, -0.05) is 146 Å². The second kappa shape index (κ2) is 34.9. The van der Waals surface area contributed by atoms with Gasteiger partial charge in [-0.2, -0.15) is 0 Å². The number of carbonyl (C=O) groups is 2. The van der Waals surface area contributed by atoms with Crippen molar-refractivity contribution in [1.82, 2.24) is 0 Å². The molecule has 0 fully saturated rings. The Balaban J connectivity index is 4.04. The molecule has 0 aliphatic heterocycles. The minimum atomic E-state index is -4.76. The molecule has 0 spiro atoms. The Bertz CT molecular complexity index is 921. The Morgan fingerprint density at radius 1 is 0.562 bits per heavy atom. The first-order valence-electron chi connectivity index (χ1n) is 18.9. The summed E-state index contributed by atoms with van der Waals surface area (Å²) < 4.78 is 26.2. The van der Waals surface area contributed by atoms with Crippen LogP contribution < -0.4 is 0 Å². The van der Waals surface area contributed by atoms with Crippen LogP contribution in [0.1, 0.15) is 168 Å². The third kappa shape index (κ3) is 36.8. The number of unbranched alkanes of at least 4 members (excludes halogenated alkanes) is 16. The molecule has 0 aliphatic carbocycles. The fraction of sp³-hybridized carbons (Fsp3) is 0.744. The van der Waals surface area contributed by atoms with E-state index in [1.54, 1.807) is 0 Å². The third-order valence-electron chi connectivity index (χ3n) is 7.84. The van der Waals surface area contributed by atoms with Crippen LogP contribution in [0.15, 0.2) is 48.6 Å². The predicted molar refractivity (Wildman–Crippen MR) is 198 cm³/mol. The van der Waals surface area contributed by atoms with Gasteiger partial charge in [0.1, 0.15) is 6.61 Å². The molecule has 0 aromatic carbocycles. The smallest absolute Gasteiger partial charge is 0.462 e. The lowest BCUT2D eigenvalue weighted by Gasteiger charge is -2.18. The lowest BCUT2D eigenvalue weighted by atomic mass is 10.1. The summed E-state index contributed by atoms with van der Waals surface area (Å²) in [5, 5.41) is 0. The molecule has 0 saturated carbocycles. The first-order chi connectivity index (χ1) is 23.3. The Labute approximate surface area is 293 Å². The molecule has 0 bridgehead atoms. The highest BCUT2D eigenvalue weighted by Crippen LogP contribution is 2.36. The first kappa shape index (κ1) is 46.0. The van der Waals surface area contributed by atoms with Crippen LogP contribution in [0.5, 0.6) is 0 Å². The van der Waals surface area contributed by atoms with E-state index in [0.29, 0.717) is 12.8 Å². The summed E-state index contributed by atoms with van der Waals surface area (Å²) in [7, 11) is -4.76. The number of allylic oxidation sites excluding steroid dienone is 8. The molecule has 0 aromatic heterocycles. The van der Waals surface area contributed by atoms with E-state index in [0.717, 1.165) is 64.2 Å². The van der Waals surface area contributed by atoms with E-state index in [1.165, 1.54) is 64.2 Å². The monoisotopic (exact) mass is 696 g/mol. The summed E-state index contributed by atoms with van der Waals surface area (Å²) >= 11 is 0. The minimum absolute atomic E-state index is 0.179. The van der Waals surface area contributed by atoms with E-state index in [1.807, 2.05) is 6.08 Å². The molecule has 0 heterocycles. The number of esters is 2. The Morgan fingerprint density at radius 2 is 1.04 bits per heavy atom. The van der Waals surface area contributed by atoms with E-state index < -0.39 is 32.5 Å². The Kier molecular flexibility index (Phi) is 33.4. The molecule has 2 N–H and O–H groups in total. The van der Waals surface area contributed by atoms with Gasteiger partial charge in [0.05, 0.1) is 6.61 Å². The quantitative estimate of drug-likeness (QED) is 0.0295. The molecule has 0 radical (unpaired) electrons. The lowest BCUT2D eigenvalue weighted by Crippen LogP contribution is -2.29. The van der Waals surface area contributed by atoms with Crippen LogP contribution in [0.25, 0.3) is 0 Å². The first-order valence-corrected chi connectivity index (χ1v) is 20.5. The van der Waals surface area contributed by atoms with Gasteiger partial charge in [-0.25, -0.2) is 4.57 Å². The van der Waals surface area contributed by atoms with Crippen molar-refractivity contribution in [2.24, 2.45) is 0 Å². The highest BCUT2D eigenvalue weighted by atomic mass is 31.2. The van der Waals surface area contributed by atoms with Gasteiger partial charge in [0.25, 0.3) is 0 Å². The maximum Gasteiger partial charge on any atom is 0.469 e. The topological polar surface area (TPSA) is 119 Å². The molecule has 0 unspecified atom stereocenters. The van der Waals surface area contributed by atoms with Gasteiger partial charge in [-0.05, 0) is 57.8 Å². The van der Waals surface area contributed by atoms with Crippen LogP contribution >= 0.6 is 7.82 Å². The number of hydrogen-bond acceptors (Lipinski definition) is 6. The second-order valence-electron chi connectivity index (χ2n) is 12.5. The summed E-state index contributed by atoms with van der Waals surface area (Å²) in [5.74, 6) is -0.963. The van der Waals surface area contributed by atoms with Crippen molar-refractivity contribution >= 4 is 19.8 Å². The van der Waals surface area contributed by atoms with Crippen LogP contribution in [0.2, 0.25) is 0 Å². The van der Waals surface area contributed by atoms with Crippen molar-refractivity contribution in [1.29, 1.82) is 0 Å². The van der Waals surface area contributed by atoms with E-state index >= 15 is 0 Å². The average Bonchev–Trinajstić information content (AvgIpc) is 3.05. The molecule has 48 heavy (non-hydrogen) atoms. The normalized spacial score (nSPS) is 13.0. The van der Waals surface area contributed by atoms with Gasteiger partial charge in [0, 0.05) is 12.8 Å². The van der Waals surface area contributed by atoms with Crippen molar-refractivity contribution in [2.75, 3.05) is 13.2 Å². The zero-order chi connectivity index (χ0) is 35.4. The van der Waals surface area contributed by atoms with Gasteiger partial charge in [0.15, 0.2) is 6.10 Å². The predicted octanol–water partition coefficient (Wildman–Crippen LogP) is 11.2. The van der Waals surface area contributed by atoms with Crippen molar-refractivity contribution in [3.8, 4) is 0 Å². The minimum Gasteiger partial charge on any atom is -0.462 e. The highest BCUT2D eigenvalue weighted by Gasteiger charge is 2.22. The fourth-order valence-electron chi connectivity index (χ4n) is 5.05. The summed E-state index contributed by atoms with van der Waals surface area (Å²) in [6, 6.07) is 0. The molecule has 0 rings (SSSR count). The lowest BCUT2D eigenvalue weighted by molar-refractivity contribution is -0.161. The molecule has 0 aromatic rings. The molecule has 0 amide bonds. The number of rotatable bonds is 34. The number of phosphoric acid groups is 1. The molecule has 278 valence electrons. The van der Waals surface area contributed by atoms with Crippen LogP contribution in [0, 0.1) is 0 Å². The maximum absolute atomic E-state index is 12.3. The van der Waals surface area contributed by atoms with E-state index in [9.17, 15) is 14.2 Å². The van der Waals surface area contributed by atoms with Gasteiger partial charge in [-0.15, -0.1) is 0 Å². The zero-order valence-corrected chi connectivity index (χ0v) is 31.3. The summed E-state index contributed by atoms with van der Waals surface area (Å²) in [6.45, 7) is 3.51. The van der Waals surface area contributed by atoms with E-state index in [4.69, 9.17) is 19.3 Å². The summed E-state index contributed by atoms with van der Waals surface area (Å²) in [6.07, 6.45) is 41.3. The molecule has 8 nitrogen and oxygen atoms in total. The van der Waals surface area contributed by atoms with E-state index in [-0.39, 0.29) is 19.4 Å². The molecule has 0 aliphatic rings. The van der Waals surface area contributed by atoms with Crippen molar-refractivity contribution in [3.63, 3.8) is 0 Å². The Hall–Kier alpha value is -1.99. The van der Waals surface area contributed by atoms with Gasteiger partial charge < -0.3 is 19.3 Å². The maximum atomic E-state index is 12.3. The standard InChI is InChI=1S/C39H69O8P/c1-3-5-7-9-11-13-15-17-19-21-23-25-27-29-31-33-38(40)45-35-37(36-46-48(42,43)44)47-39(41)34-32-30-28-26-24-22-20-18-16-14-12-10-8-6-4-2/h6,8,12,14,18,20,27,29,37H,3-5,7,9-11,13,15-17,19,21-26,28,30-36H2,1-2H3,(H2,42,43,44)/b8-6+,14-12+,20-18+,29-27+/t37-/m1/s1. The molecule has 1 atom stereocenters. The van der Waals surface area contributed by atoms with Crippen molar-refractivity contribution in [2.45, 2.75) is 174 Å². The number of ether oxygens (including phenoxy) is 2. The second-order valence-corrected chi connectivity index (χ2v) is 13.8. The van der Waals surface area contributed by atoms with Crippen LogP contribution in [0.4, 0.5) is 0 Å². The summed E-state index contributed by atoms with van der Waals surface area (Å²) in [4.78, 5) is 42.7. The third-order valence-corrected chi connectivity index (χ3v) is 8.33. The summed E-state index contributed by atoms with van der Waals surface area (Å²) in [5.41, 5.74) is 0. The van der Waals surface area contributed by atoms with Crippen LogP contribution in [-0.2, 0) is 28.2 Å². The highest BCUT2D eigenvalue weighted by molar-refractivity contribution is 7.46. The Morgan fingerprint density at radius 3 is 1.60 bits per heavy atom. The van der Waals surface area contributed by atoms with Gasteiger partial charge >= 0.3 is 19.8 Å². The molecular weight excluding hydrogens is 627 g/mol. The number of carbonyl (C=O) groups excluding carboxylic acids is 2. The molecule has 0 saturated heterocycles. The zero-order valence-electron chi connectivity index (χ0n) is 30.4. The van der Waals surface area contributed by atoms with Crippen LogP contribution in [0.3, 0.4) is 0 Å². The van der Waals surface area contributed by atoms with Crippen molar-refractivity contribution < 1.29 is 37.9 Å². The number of hydrogen-bond donors (Lipinski definition) is 2. The van der Waals surface area contributed by atoms with Crippen molar-refractivity contribution in [3.05, 3.63) is 48.6 Å². The SMILES string of the molecule is CC/C=C/C/C=C/C/C=C/CCCCCCCC(=O)O[C@H](COC(=O)CC/C=C/CCCCCCCCCCCCC)COP(=O)(O)O. The largest absolute Gasteiger partial charge is 0.469 e. The van der Waals surface area contributed by atoms with E-state index in [2.05, 4.69) is 60.9 Å². The molecule has 9 heteroatoms. The number of phosphoric ester groups is 1. The molecular formula is C39H69O8P. The fourth-order valence-corrected chi connectivity index (χ4v) is 5.41.